The molecule has 3 nitrogen and oxygen atoms in total. The minimum absolute atomic E-state index is 0.225. The molecular formula is C11H14N2O. The molecule has 0 unspecified atom stereocenters. The number of aryl methyl sites for hydroxylation is 1. The Balaban J connectivity index is 2.46. The SMILES string of the molecule is CC(C)c1cc2c(nn1)CCCC2=O. The van der Waals surface area contributed by atoms with E-state index in [9.17, 15) is 4.79 Å². The van der Waals surface area contributed by atoms with Crippen molar-refractivity contribution in [2.24, 2.45) is 0 Å². The number of rotatable bonds is 1. The summed E-state index contributed by atoms with van der Waals surface area (Å²) >= 11 is 0. The fourth-order valence-electron chi connectivity index (χ4n) is 1.69. The van der Waals surface area contributed by atoms with Crippen LogP contribution in [0.1, 0.15) is 54.4 Å². The van der Waals surface area contributed by atoms with Crippen molar-refractivity contribution in [2.75, 3.05) is 0 Å². The second-order valence-electron chi connectivity index (χ2n) is 4.06. The molecule has 1 aliphatic rings. The van der Waals surface area contributed by atoms with Gasteiger partial charge in [0.2, 0.25) is 0 Å². The van der Waals surface area contributed by atoms with Crippen molar-refractivity contribution in [3.8, 4) is 0 Å². The molecule has 0 spiro atoms. The third-order valence-corrected chi connectivity index (χ3v) is 2.60. The van der Waals surface area contributed by atoms with Crippen LogP contribution in [-0.4, -0.2) is 16.0 Å². The van der Waals surface area contributed by atoms with Gasteiger partial charge in [-0.15, -0.1) is 0 Å². The first kappa shape index (κ1) is 9.31. The van der Waals surface area contributed by atoms with E-state index in [1.165, 1.54) is 0 Å². The first-order chi connectivity index (χ1) is 6.68. The van der Waals surface area contributed by atoms with Crippen molar-refractivity contribution < 1.29 is 4.79 Å². The molecule has 1 aromatic heterocycles. The Hall–Kier alpha value is -1.25. The van der Waals surface area contributed by atoms with Gasteiger partial charge in [-0.05, 0) is 24.8 Å². The fourth-order valence-corrected chi connectivity index (χ4v) is 1.69. The summed E-state index contributed by atoms with van der Waals surface area (Å²) in [6, 6.07) is 1.91. The number of hydrogen-bond donors (Lipinski definition) is 0. The van der Waals surface area contributed by atoms with E-state index in [1.807, 2.05) is 6.07 Å². The summed E-state index contributed by atoms with van der Waals surface area (Å²) in [5, 5.41) is 8.24. The number of aromatic nitrogens is 2. The number of ketones is 1. The van der Waals surface area contributed by atoms with Gasteiger partial charge in [0.05, 0.1) is 11.4 Å². The van der Waals surface area contributed by atoms with Crippen LogP contribution in [0.5, 0.6) is 0 Å². The molecular weight excluding hydrogens is 176 g/mol. The Bertz CT molecular complexity index is 372. The molecule has 3 heteroatoms. The number of carbonyl (C=O) groups is 1. The van der Waals surface area contributed by atoms with Gasteiger partial charge in [-0.1, -0.05) is 13.8 Å². The molecule has 0 fully saturated rings. The average molecular weight is 190 g/mol. The predicted octanol–water partition coefficient (Wildman–Crippen LogP) is 2.12. The first-order valence-electron chi connectivity index (χ1n) is 5.08. The Morgan fingerprint density at radius 3 is 2.79 bits per heavy atom. The maximum atomic E-state index is 11.6. The Labute approximate surface area is 83.5 Å². The van der Waals surface area contributed by atoms with E-state index in [0.717, 1.165) is 29.8 Å². The van der Waals surface area contributed by atoms with Gasteiger partial charge >= 0.3 is 0 Å². The Morgan fingerprint density at radius 1 is 1.29 bits per heavy atom. The molecule has 74 valence electrons. The molecule has 1 aliphatic carbocycles. The van der Waals surface area contributed by atoms with Crippen molar-refractivity contribution in [1.29, 1.82) is 0 Å². The van der Waals surface area contributed by atoms with Gasteiger partial charge in [-0.25, -0.2) is 0 Å². The zero-order valence-electron chi connectivity index (χ0n) is 8.58. The highest BCUT2D eigenvalue weighted by molar-refractivity contribution is 5.98. The number of hydrogen-bond acceptors (Lipinski definition) is 3. The van der Waals surface area contributed by atoms with Gasteiger partial charge in [-0.2, -0.15) is 10.2 Å². The molecule has 0 saturated carbocycles. The predicted molar refractivity (Wildman–Crippen MR) is 53.4 cm³/mol. The van der Waals surface area contributed by atoms with Gasteiger partial charge in [0, 0.05) is 12.0 Å². The minimum atomic E-state index is 0.225. The highest BCUT2D eigenvalue weighted by atomic mass is 16.1. The minimum Gasteiger partial charge on any atom is -0.294 e. The van der Waals surface area contributed by atoms with E-state index in [1.54, 1.807) is 0 Å². The van der Waals surface area contributed by atoms with Crippen LogP contribution in [0.15, 0.2) is 6.07 Å². The summed E-state index contributed by atoms with van der Waals surface area (Å²) in [4.78, 5) is 11.6. The quantitative estimate of drug-likeness (QED) is 0.681. The number of Topliss-reactive ketones (excluding diaryl/α,β-unsaturated/α-hetero) is 1. The van der Waals surface area contributed by atoms with Crippen molar-refractivity contribution in [2.45, 2.75) is 39.0 Å². The molecule has 0 amide bonds. The van der Waals surface area contributed by atoms with E-state index < -0.39 is 0 Å². The molecule has 0 aliphatic heterocycles. The molecule has 1 aromatic rings. The van der Waals surface area contributed by atoms with E-state index in [-0.39, 0.29) is 5.78 Å². The molecule has 0 radical (unpaired) electrons. The molecule has 0 bridgehead atoms. The van der Waals surface area contributed by atoms with Crippen molar-refractivity contribution in [3.05, 3.63) is 23.0 Å². The maximum absolute atomic E-state index is 11.6. The van der Waals surface area contributed by atoms with Crippen molar-refractivity contribution in [3.63, 3.8) is 0 Å². The molecule has 2 rings (SSSR count). The second kappa shape index (κ2) is 3.48. The summed E-state index contributed by atoms with van der Waals surface area (Å²) in [7, 11) is 0. The second-order valence-corrected chi connectivity index (χ2v) is 4.06. The lowest BCUT2D eigenvalue weighted by Gasteiger charge is -2.14. The number of carbonyl (C=O) groups excluding carboxylic acids is 1. The molecule has 14 heavy (non-hydrogen) atoms. The monoisotopic (exact) mass is 190 g/mol. The molecule has 1 heterocycles. The van der Waals surface area contributed by atoms with E-state index in [0.29, 0.717) is 12.3 Å². The molecule has 0 saturated heterocycles. The van der Waals surface area contributed by atoms with E-state index >= 15 is 0 Å². The van der Waals surface area contributed by atoms with Gasteiger partial charge in [0.1, 0.15) is 0 Å². The molecule has 0 N–H and O–H groups in total. The summed E-state index contributed by atoms with van der Waals surface area (Å²) in [5.41, 5.74) is 2.60. The maximum Gasteiger partial charge on any atom is 0.164 e. The lowest BCUT2D eigenvalue weighted by atomic mass is 9.94. The highest BCUT2D eigenvalue weighted by Crippen LogP contribution is 2.21. The van der Waals surface area contributed by atoms with Crippen LogP contribution in [0.25, 0.3) is 0 Å². The number of nitrogens with zero attached hydrogens (tertiary/aromatic N) is 2. The summed E-state index contributed by atoms with van der Waals surface area (Å²) in [5.74, 6) is 0.561. The van der Waals surface area contributed by atoms with Crippen LogP contribution in [0, 0.1) is 0 Å². The molecule has 0 atom stereocenters. The summed E-state index contributed by atoms with van der Waals surface area (Å²) in [6.45, 7) is 4.12. The standard InChI is InChI=1S/C11H14N2O/c1-7(2)10-6-8-9(12-13-10)4-3-5-11(8)14/h6-7H,3-5H2,1-2H3. The van der Waals surface area contributed by atoms with Crippen LogP contribution in [-0.2, 0) is 6.42 Å². The number of fused-ring (bicyclic) bond motifs is 1. The zero-order chi connectivity index (χ0) is 10.1. The topological polar surface area (TPSA) is 42.9 Å². The van der Waals surface area contributed by atoms with Gasteiger partial charge in [0.15, 0.2) is 5.78 Å². The smallest absolute Gasteiger partial charge is 0.164 e. The van der Waals surface area contributed by atoms with E-state index in [2.05, 4.69) is 24.0 Å². The third kappa shape index (κ3) is 1.54. The average Bonchev–Trinajstić information content (AvgIpc) is 2.18. The Kier molecular flexibility index (Phi) is 2.32. The van der Waals surface area contributed by atoms with Crippen LogP contribution in [0.4, 0.5) is 0 Å². The zero-order valence-corrected chi connectivity index (χ0v) is 8.58. The van der Waals surface area contributed by atoms with Crippen LogP contribution >= 0.6 is 0 Å². The fraction of sp³-hybridized carbons (Fsp3) is 0.545. The largest absolute Gasteiger partial charge is 0.294 e. The third-order valence-electron chi connectivity index (χ3n) is 2.60. The van der Waals surface area contributed by atoms with Crippen molar-refractivity contribution in [1.82, 2.24) is 10.2 Å². The van der Waals surface area contributed by atoms with Gasteiger partial charge in [-0.3, -0.25) is 4.79 Å². The molecule has 0 aromatic carbocycles. The normalized spacial score (nSPS) is 15.8. The lowest BCUT2D eigenvalue weighted by molar-refractivity contribution is 0.0971. The first-order valence-corrected chi connectivity index (χ1v) is 5.08. The van der Waals surface area contributed by atoms with Gasteiger partial charge < -0.3 is 0 Å². The van der Waals surface area contributed by atoms with Crippen LogP contribution < -0.4 is 0 Å². The summed E-state index contributed by atoms with van der Waals surface area (Å²) in [6.07, 6.45) is 2.48. The highest BCUT2D eigenvalue weighted by Gasteiger charge is 2.19. The Morgan fingerprint density at radius 2 is 2.07 bits per heavy atom. The van der Waals surface area contributed by atoms with Crippen molar-refractivity contribution >= 4 is 5.78 Å². The van der Waals surface area contributed by atoms with E-state index in [4.69, 9.17) is 0 Å². The lowest BCUT2D eigenvalue weighted by Crippen LogP contribution is -2.14. The summed E-state index contributed by atoms with van der Waals surface area (Å²) < 4.78 is 0. The van der Waals surface area contributed by atoms with Crippen LogP contribution in [0.3, 0.4) is 0 Å². The van der Waals surface area contributed by atoms with Crippen LogP contribution in [0.2, 0.25) is 0 Å². The van der Waals surface area contributed by atoms with Gasteiger partial charge in [0.25, 0.3) is 0 Å².